The summed E-state index contributed by atoms with van der Waals surface area (Å²) in [7, 11) is 2.05. The molecule has 0 amide bonds. The lowest BCUT2D eigenvalue weighted by molar-refractivity contribution is 0.471. The second-order valence-corrected chi connectivity index (χ2v) is 5.16. The number of thiocarbonyl (C=S) groups is 1. The summed E-state index contributed by atoms with van der Waals surface area (Å²) >= 11 is 5.43. The molecule has 1 aromatic rings. The van der Waals surface area contributed by atoms with Crippen LogP contribution in [0.25, 0.3) is 0 Å². The molecular formula is C14H20N2S. The minimum Gasteiger partial charge on any atom is -0.360 e. The molecule has 0 atom stereocenters. The van der Waals surface area contributed by atoms with Crippen molar-refractivity contribution >= 4 is 17.3 Å². The first kappa shape index (κ1) is 12.4. The lowest BCUT2D eigenvalue weighted by Crippen LogP contribution is -2.41. The van der Waals surface area contributed by atoms with Crippen molar-refractivity contribution in [2.24, 2.45) is 0 Å². The van der Waals surface area contributed by atoms with E-state index in [1.165, 1.54) is 31.2 Å². The first-order chi connectivity index (χ1) is 8.25. The summed E-state index contributed by atoms with van der Waals surface area (Å²) in [5, 5.41) is 4.33. The van der Waals surface area contributed by atoms with Crippen molar-refractivity contribution in [3.63, 3.8) is 0 Å². The number of nitrogens with one attached hydrogen (secondary N) is 1. The van der Waals surface area contributed by atoms with Crippen LogP contribution in [0, 0.1) is 0 Å². The topological polar surface area (TPSA) is 15.3 Å². The Balaban J connectivity index is 1.82. The van der Waals surface area contributed by atoms with Crippen molar-refractivity contribution in [3.05, 3.63) is 35.9 Å². The van der Waals surface area contributed by atoms with E-state index >= 15 is 0 Å². The third-order valence-electron chi connectivity index (χ3n) is 3.29. The van der Waals surface area contributed by atoms with Gasteiger partial charge < -0.3 is 10.2 Å². The van der Waals surface area contributed by atoms with E-state index in [-0.39, 0.29) is 0 Å². The zero-order valence-corrected chi connectivity index (χ0v) is 11.2. The Kier molecular flexibility index (Phi) is 4.37. The molecule has 0 saturated heterocycles. The summed E-state index contributed by atoms with van der Waals surface area (Å²) in [4.78, 5) is 2.11. The molecule has 0 aliphatic heterocycles. The van der Waals surface area contributed by atoms with E-state index in [1.807, 2.05) is 6.07 Å². The van der Waals surface area contributed by atoms with Crippen LogP contribution in [0.15, 0.2) is 30.3 Å². The van der Waals surface area contributed by atoms with Crippen LogP contribution >= 0.6 is 12.2 Å². The van der Waals surface area contributed by atoms with Gasteiger partial charge >= 0.3 is 0 Å². The summed E-state index contributed by atoms with van der Waals surface area (Å²) < 4.78 is 0. The molecule has 2 rings (SSSR count). The van der Waals surface area contributed by atoms with E-state index in [4.69, 9.17) is 12.2 Å². The molecule has 17 heavy (non-hydrogen) atoms. The van der Waals surface area contributed by atoms with Gasteiger partial charge in [-0.3, -0.25) is 0 Å². The highest BCUT2D eigenvalue weighted by Crippen LogP contribution is 2.17. The maximum absolute atomic E-state index is 5.43. The highest BCUT2D eigenvalue weighted by atomic mass is 32.1. The Hall–Kier alpha value is -1.09. The van der Waals surface area contributed by atoms with Crippen LogP contribution in [-0.4, -0.2) is 23.1 Å². The molecule has 0 heterocycles. The van der Waals surface area contributed by atoms with E-state index < -0.39 is 0 Å². The molecule has 1 fully saturated rings. The van der Waals surface area contributed by atoms with Crippen LogP contribution in [0.2, 0.25) is 0 Å². The molecule has 0 unspecified atom stereocenters. The monoisotopic (exact) mass is 248 g/mol. The van der Waals surface area contributed by atoms with Crippen LogP contribution in [0.4, 0.5) is 0 Å². The average Bonchev–Trinajstić information content (AvgIpc) is 2.83. The molecule has 2 nitrogen and oxygen atoms in total. The first-order valence-electron chi connectivity index (χ1n) is 6.31. The van der Waals surface area contributed by atoms with Gasteiger partial charge in [-0.25, -0.2) is 0 Å². The van der Waals surface area contributed by atoms with E-state index in [0.29, 0.717) is 6.04 Å². The molecule has 1 N–H and O–H groups in total. The molecule has 0 spiro atoms. The van der Waals surface area contributed by atoms with Gasteiger partial charge in [-0.2, -0.15) is 0 Å². The number of nitrogens with zero attached hydrogens (tertiary/aromatic N) is 1. The van der Waals surface area contributed by atoms with Crippen molar-refractivity contribution in [3.8, 4) is 0 Å². The SMILES string of the molecule is CN(Cc1ccccc1)C(=S)NC1CCCC1. The number of hydrogen-bond donors (Lipinski definition) is 1. The van der Waals surface area contributed by atoms with Gasteiger partial charge in [0.05, 0.1) is 0 Å². The standard InChI is InChI=1S/C14H20N2S/c1-16(11-12-7-3-2-4-8-12)14(17)15-13-9-5-6-10-13/h2-4,7-8,13H,5-6,9-11H2,1H3,(H,15,17). The minimum atomic E-state index is 0.598. The second kappa shape index (κ2) is 6.01. The van der Waals surface area contributed by atoms with Gasteiger partial charge in [0, 0.05) is 19.6 Å². The van der Waals surface area contributed by atoms with Crippen LogP contribution < -0.4 is 5.32 Å². The molecule has 1 aliphatic rings. The number of hydrogen-bond acceptors (Lipinski definition) is 1. The van der Waals surface area contributed by atoms with Crippen LogP contribution in [-0.2, 0) is 6.54 Å². The molecule has 1 aromatic carbocycles. The second-order valence-electron chi connectivity index (χ2n) is 4.77. The lowest BCUT2D eigenvalue weighted by Gasteiger charge is -2.24. The molecule has 1 saturated carbocycles. The Morgan fingerprint density at radius 3 is 2.59 bits per heavy atom. The summed E-state index contributed by atoms with van der Waals surface area (Å²) in [5.74, 6) is 0. The molecule has 0 radical (unpaired) electrons. The number of rotatable bonds is 3. The van der Waals surface area contributed by atoms with E-state index in [2.05, 4.69) is 41.5 Å². The quantitative estimate of drug-likeness (QED) is 0.828. The summed E-state index contributed by atoms with van der Waals surface area (Å²) in [6.07, 6.45) is 5.20. The van der Waals surface area contributed by atoms with E-state index in [1.54, 1.807) is 0 Å². The van der Waals surface area contributed by atoms with Crippen LogP contribution in [0.1, 0.15) is 31.2 Å². The predicted molar refractivity (Wildman–Crippen MR) is 75.9 cm³/mol. The fraction of sp³-hybridized carbons (Fsp3) is 0.500. The zero-order chi connectivity index (χ0) is 12.1. The Morgan fingerprint density at radius 2 is 1.94 bits per heavy atom. The van der Waals surface area contributed by atoms with Crippen molar-refractivity contribution < 1.29 is 0 Å². The van der Waals surface area contributed by atoms with Gasteiger partial charge in [-0.1, -0.05) is 43.2 Å². The third kappa shape index (κ3) is 3.70. The minimum absolute atomic E-state index is 0.598. The highest BCUT2D eigenvalue weighted by Gasteiger charge is 2.16. The van der Waals surface area contributed by atoms with Crippen molar-refractivity contribution in [1.82, 2.24) is 10.2 Å². The summed E-state index contributed by atoms with van der Waals surface area (Å²) in [6, 6.07) is 11.0. The molecule has 3 heteroatoms. The highest BCUT2D eigenvalue weighted by molar-refractivity contribution is 7.80. The Bertz CT molecular complexity index is 358. The zero-order valence-electron chi connectivity index (χ0n) is 10.4. The molecule has 0 aromatic heterocycles. The summed E-state index contributed by atoms with van der Waals surface area (Å²) in [6.45, 7) is 0.874. The van der Waals surface area contributed by atoms with Gasteiger partial charge in [0.15, 0.2) is 5.11 Å². The average molecular weight is 248 g/mol. The van der Waals surface area contributed by atoms with Crippen molar-refractivity contribution in [1.29, 1.82) is 0 Å². The van der Waals surface area contributed by atoms with Gasteiger partial charge in [-0.05, 0) is 30.6 Å². The van der Waals surface area contributed by atoms with Crippen molar-refractivity contribution in [2.45, 2.75) is 38.3 Å². The molecule has 0 bridgehead atoms. The smallest absolute Gasteiger partial charge is 0.169 e. The van der Waals surface area contributed by atoms with Gasteiger partial charge in [0.2, 0.25) is 0 Å². The van der Waals surface area contributed by atoms with Crippen LogP contribution in [0.5, 0.6) is 0 Å². The third-order valence-corrected chi connectivity index (χ3v) is 3.72. The van der Waals surface area contributed by atoms with E-state index in [9.17, 15) is 0 Å². The fourth-order valence-corrected chi connectivity index (χ4v) is 2.52. The molecule has 1 aliphatic carbocycles. The normalized spacial score (nSPS) is 15.8. The first-order valence-corrected chi connectivity index (χ1v) is 6.72. The Labute approximate surface area is 109 Å². The van der Waals surface area contributed by atoms with Gasteiger partial charge in [-0.15, -0.1) is 0 Å². The fourth-order valence-electron chi connectivity index (χ4n) is 2.28. The predicted octanol–water partition coefficient (Wildman–Crippen LogP) is 2.94. The van der Waals surface area contributed by atoms with Crippen LogP contribution in [0.3, 0.4) is 0 Å². The van der Waals surface area contributed by atoms with E-state index in [0.717, 1.165) is 11.7 Å². The summed E-state index contributed by atoms with van der Waals surface area (Å²) in [5.41, 5.74) is 1.30. The van der Waals surface area contributed by atoms with Gasteiger partial charge in [0.1, 0.15) is 0 Å². The molecule has 92 valence electrons. The largest absolute Gasteiger partial charge is 0.360 e. The maximum atomic E-state index is 5.43. The van der Waals surface area contributed by atoms with Gasteiger partial charge in [0.25, 0.3) is 0 Å². The number of benzene rings is 1. The molecular weight excluding hydrogens is 228 g/mol. The lowest BCUT2D eigenvalue weighted by atomic mass is 10.2. The maximum Gasteiger partial charge on any atom is 0.169 e. The van der Waals surface area contributed by atoms with Crippen molar-refractivity contribution in [2.75, 3.05) is 7.05 Å². The Morgan fingerprint density at radius 1 is 1.29 bits per heavy atom.